The van der Waals surface area contributed by atoms with Crippen molar-refractivity contribution in [3.63, 3.8) is 0 Å². The molecule has 25 heavy (non-hydrogen) atoms. The van der Waals surface area contributed by atoms with E-state index in [1.165, 1.54) is 23.3 Å². The summed E-state index contributed by atoms with van der Waals surface area (Å²) in [6.45, 7) is 1.57. The highest BCUT2D eigenvalue weighted by Gasteiger charge is 2.35. The maximum Gasteiger partial charge on any atom is 0.341 e. The molecule has 1 N–H and O–H groups in total. The minimum atomic E-state index is -0.512. The van der Waals surface area contributed by atoms with Crippen LogP contribution in [-0.4, -0.2) is 60.4 Å². The maximum atomic E-state index is 12.3. The van der Waals surface area contributed by atoms with Crippen molar-refractivity contribution in [1.82, 2.24) is 9.80 Å². The quantitative estimate of drug-likeness (QED) is 0.626. The molecule has 2 aliphatic rings. The number of carbonyl (C=O) groups excluding carboxylic acids is 4. The summed E-state index contributed by atoms with van der Waals surface area (Å²) in [5.74, 6) is -1.38. The SMILES string of the molecule is CCOC(=O)c1c(NC(=O)CN2C(=O)CN(C)C2=O)sc2c1CCC2. The summed E-state index contributed by atoms with van der Waals surface area (Å²) >= 11 is 1.36. The van der Waals surface area contributed by atoms with E-state index in [9.17, 15) is 19.2 Å². The molecule has 0 saturated carbocycles. The van der Waals surface area contributed by atoms with E-state index in [2.05, 4.69) is 5.32 Å². The molecule has 1 aliphatic heterocycles. The Morgan fingerprint density at radius 2 is 2.04 bits per heavy atom. The monoisotopic (exact) mass is 365 g/mol. The minimum absolute atomic E-state index is 0.0342. The van der Waals surface area contributed by atoms with Gasteiger partial charge in [0.25, 0.3) is 5.91 Å². The maximum absolute atomic E-state index is 12.3. The van der Waals surface area contributed by atoms with Gasteiger partial charge in [0.1, 0.15) is 18.1 Å². The average Bonchev–Trinajstić information content (AvgIpc) is 3.17. The lowest BCUT2D eigenvalue weighted by Crippen LogP contribution is -2.38. The molecule has 2 heterocycles. The number of hydrogen-bond donors (Lipinski definition) is 1. The number of anilines is 1. The molecule has 8 nitrogen and oxygen atoms in total. The summed E-state index contributed by atoms with van der Waals surface area (Å²) in [6, 6.07) is -0.501. The van der Waals surface area contributed by atoms with Crippen molar-refractivity contribution >= 4 is 40.2 Å². The number of amides is 4. The van der Waals surface area contributed by atoms with Gasteiger partial charge in [0.15, 0.2) is 0 Å². The smallest absolute Gasteiger partial charge is 0.341 e. The predicted molar refractivity (Wildman–Crippen MR) is 90.7 cm³/mol. The van der Waals surface area contributed by atoms with Gasteiger partial charge in [-0.3, -0.25) is 14.5 Å². The van der Waals surface area contributed by atoms with Gasteiger partial charge in [-0.25, -0.2) is 9.59 Å². The number of nitrogens with one attached hydrogen (secondary N) is 1. The van der Waals surface area contributed by atoms with Crippen molar-refractivity contribution in [2.45, 2.75) is 26.2 Å². The Bertz CT molecular complexity index is 757. The fourth-order valence-corrected chi connectivity index (χ4v) is 4.34. The van der Waals surface area contributed by atoms with Crippen LogP contribution in [-0.2, 0) is 27.2 Å². The second kappa shape index (κ2) is 6.83. The lowest BCUT2D eigenvalue weighted by Gasteiger charge is -2.14. The zero-order valence-corrected chi connectivity index (χ0v) is 14.9. The van der Waals surface area contributed by atoms with Crippen LogP contribution in [0.3, 0.4) is 0 Å². The molecule has 0 bridgehead atoms. The van der Waals surface area contributed by atoms with Gasteiger partial charge in [-0.15, -0.1) is 11.3 Å². The van der Waals surface area contributed by atoms with Crippen molar-refractivity contribution < 1.29 is 23.9 Å². The largest absolute Gasteiger partial charge is 0.462 e. The first kappa shape index (κ1) is 17.4. The Morgan fingerprint density at radius 1 is 1.28 bits per heavy atom. The Labute approximate surface area is 148 Å². The number of thiophene rings is 1. The van der Waals surface area contributed by atoms with Gasteiger partial charge in [-0.2, -0.15) is 0 Å². The van der Waals surface area contributed by atoms with Gasteiger partial charge in [0.2, 0.25) is 5.91 Å². The molecule has 0 atom stereocenters. The van der Waals surface area contributed by atoms with E-state index < -0.39 is 23.8 Å². The summed E-state index contributed by atoms with van der Waals surface area (Å²) in [6.07, 6.45) is 2.63. The van der Waals surface area contributed by atoms with E-state index in [0.717, 1.165) is 34.6 Å². The summed E-state index contributed by atoms with van der Waals surface area (Å²) in [7, 11) is 1.50. The molecule has 0 unspecified atom stereocenters. The molecule has 134 valence electrons. The van der Waals surface area contributed by atoms with Gasteiger partial charge < -0.3 is 15.0 Å². The first-order chi connectivity index (χ1) is 11.9. The summed E-state index contributed by atoms with van der Waals surface area (Å²) in [4.78, 5) is 51.4. The summed E-state index contributed by atoms with van der Waals surface area (Å²) in [5, 5.41) is 3.11. The molecule has 1 saturated heterocycles. The number of hydrogen-bond acceptors (Lipinski definition) is 6. The van der Waals surface area contributed by atoms with Gasteiger partial charge in [0, 0.05) is 11.9 Å². The number of nitrogens with zero attached hydrogens (tertiary/aromatic N) is 2. The topological polar surface area (TPSA) is 96.0 Å². The first-order valence-electron chi connectivity index (χ1n) is 8.09. The van der Waals surface area contributed by atoms with E-state index >= 15 is 0 Å². The van der Waals surface area contributed by atoms with Crippen LogP contribution >= 0.6 is 11.3 Å². The van der Waals surface area contributed by atoms with E-state index in [-0.39, 0.29) is 19.7 Å². The molecule has 1 fully saturated rings. The van der Waals surface area contributed by atoms with Crippen LogP contribution in [0.1, 0.15) is 34.1 Å². The highest BCUT2D eigenvalue weighted by molar-refractivity contribution is 7.17. The van der Waals surface area contributed by atoms with E-state index in [1.807, 2.05) is 0 Å². The molecule has 4 amide bonds. The zero-order chi connectivity index (χ0) is 18.1. The van der Waals surface area contributed by atoms with E-state index in [4.69, 9.17) is 4.74 Å². The normalized spacial score (nSPS) is 16.4. The number of rotatable bonds is 5. The number of urea groups is 1. The van der Waals surface area contributed by atoms with Crippen molar-refractivity contribution in [2.24, 2.45) is 0 Å². The molecular formula is C16H19N3O5S. The first-order valence-corrected chi connectivity index (χ1v) is 8.91. The Morgan fingerprint density at radius 3 is 2.68 bits per heavy atom. The minimum Gasteiger partial charge on any atom is -0.462 e. The molecule has 0 spiro atoms. The number of aryl methyl sites for hydroxylation is 1. The molecule has 0 radical (unpaired) electrons. The van der Waals surface area contributed by atoms with Crippen LogP contribution in [0.2, 0.25) is 0 Å². The second-order valence-electron chi connectivity index (χ2n) is 5.95. The van der Waals surface area contributed by atoms with E-state index in [0.29, 0.717) is 10.6 Å². The Hall–Kier alpha value is -2.42. The summed E-state index contributed by atoms with van der Waals surface area (Å²) < 4.78 is 5.11. The van der Waals surface area contributed by atoms with Crippen molar-refractivity contribution in [2.75, 3.05) is 32.1 Å². The van der Waals surface area contributed by atoms with Crippen LogP contribution in [0, 0.1) is 0 Å². The van der Waals surface area contributed by atoms with Crippen LogP contribution in [0.25, 0.3) is 0 Å². The highest BCUT2D eigenvalue weighted by Crippen LogP contribution is 2.39. The average molecular weight is 365 g/mol. The Kier molecular flexibility index (Phi) is 4.76. The van der Waals surface area contributed by atoms with Crippen molar-refractivity contribution in [3.8, 4) is 0 Å². The lowest BCUT2D eigenvalue weighted by molar-refractivity contribution is -0.129. The number of carbonyl (C=O) groups is 4. The standard InChI is InChI=1S/C16H19N3O5S/c1-3-24-15(22)13-9-5-4-6-10(9)25-14(13)17-11(20)7-19-12(21)8-18(2)16(19)23/h3-8H2,1-2H3,(H,17,20). The van der Waals surface area contributed by atoms with Gasteiger partial charge in [-0.05, 0) is 31.7 Å². The number of imide groups is 1. The molecule has 1 aliphatic carbocycles. The van der Waals surface area contributed by atoms with E-state index in [1.54, 1.807) is 6.92 Å². The number of ether oxygens (including phenoxy) is 1. The summed E-state index contributed by atoms with van der Waals surface area (Å²) in [5.41, 5.74) is 1.34. The molecule has 1 aromatic rings. The molecule has 1 aromatic heterocycles. The third-order valence-corrected chi connectivity index (χ3v) is 5.39. The van der Waals surface area contributed by atoms with Crippen LogP contribution in [0.15, 0.2) is 0 Å². The zero-order valence-electron chi connectivity index (χ0n) is 14.1. The van der Waals surface area contributed by atoms with Crippen LogP contribution in [0.4, 0.5) is 9.80 Å². The van der Waals surface area contributed by atoms with Crippen LogP contribution in [0.5, 0.6) is 0 Å². The molecule has 9 heteroatoms. The third kappa shape index (κ3) is 3.23. The lowest BCUT2D eigenvalue weighted by atomic mass is 10.1. The van der Waals surface area contributed by atoms with Gasteiger partial charge in [0.05, 0.1) is 12.2 Å². The fraction of sp³-hybridized carbons (Fsp3) is 0.500. The number of likely N-dealkylation sites (N-methyl/N-ethyl adjacent to an activating group) is 1. The Balaban J connectivity index is 1.77. The van der Waals surface area contributed by atoms with Crippen molar-refractivity contribution in [3.05, 3.63) is 16.0 Å². The molecular weight excluding hydrogens is 346 g/mol. The third-order valence-electron chi connectivity index (χ3n) is 4.19. The number of esters is 1. The molecule has 0 aromatic carbocycles. The number of fused-ring (bicyclic) bond motifs is 1. The predicted octanol–water partition coefficient (Wildman–Crippen LogP) is 1.25. The highest BCUT2D eigenvalue weighted by atomic mass is 32.1. The fourth-order valence-electron chi connectivity index (χ4n) is 3.05. The van der Waals surface area contributed by atoms with Gasteiger partial charge >= 0.3 is 12.0 Å². The second-order valence-corrected chi connectivity index (χ2v) is 7.05. The van der Waals surface area contributed by atoms with Crippen molar-refractivity contribution in [1.29, 1.82) is 0 Å². The van der Waals surface area contributed by atoms with Gasteiger partial charge in [-0.1, -0.05) is 0 Å². The molecule has 3 rings (SSSR count). The van der Waals surface area contributed by atoms with Crippen LogP contribution < -0.4 is 5.32 Å².